The van der Waals surface area contributed by atoms with Crippen molar-refractivity contribution in [2.45, 2.75) is 36.8 Å². The molecule has 0 amide bonds. The van der Waals surface area contributed by atoms with E-state index in [-0.39, 0.29) is 0 Å². The van der Waals surface area contributed by atoms with Gasteiger partial charge in [-0.05, 0) is 32.9 Å². The molecule has 2 N–H and O–H groups in total. The summed E-state index contributed by atoms with van der Waals surface area (Å²) in [6.07, 6.45) is 8.58. The highest BCUT2D eigenvalue weighted by atomic mass is 32.2. The minimum absolute atomic E-state index is 0.550. The predicted octanol–water partition coefficient (Wildman–Crippen LogP) is 2.03. The Bertz CT molecular complexity index is 358. The number of rotatable bonds is 4. The molecule has 2 rings (SSSR count). The van der Waals surface area contributed by atoms with Crippen molar-refractivity contribution in [3.63, 3.8) is 0 Å². The van der Waals surface area contributed by atoms with E-state index in [0.717, 1.165) is 16.8 Å². The first-order valence-corrected chi connectivity index (χ1v) is 7.15. The van der Waals surface area contributed by atoms with Gasteiger partial charge in [-0.2, -0.15) is 0 Å². The van der Waals surface area contributed by atoms with Gasteiger partial charge in [-0.15, -0.1) is 11.8 Å². The predicted molar refractivity (Wildman–Crippen MR) is 72.1 cm³/mol. The zero-order valence-electron chi connectivity index (χ0n) is 10.3. The van der Waals surface area contributed by atoms with Crippen LogP contribution < -0.4 is 5.73 Å². The van der Waals surface area contributed by atoms with Crippen molar-refractivity contribution in [3.05, 3.63) is 12.4 Å². The molecule has 0 aromatic carbocycles. The molecule has 1 saturated heterocycles. The van der Waals surface area contributed by atoms with Gasteiger partial charge < -0.3 is 10.6 Å². The Balaban J connectivity index is 1.77. The summed E-state index contributed by atoms with van der Waals surface area (Å²) in [6.45, 7) is 1.24. The minimum atomic E-state index is 0.550. The van der Waals surface area contributed by atoms with E-state index in [2.05, 4.69) is 21.9 Å². The van der Waals surface area contributed by atoms with Crippen LogP contribution in [0.2, 0.25) is 0 Å². The molecule has 5 heteroatoms. The highest BCUT2D eigenvalue weighted by molar-refractivity contribution is 7.99. The van der Waals surface area contributed by atoms with Crippen molar-refractivity contribution >= 4 is 17.6 Å². The van der Waals surface area contributed by atoms with Gasteiger partial charge in [0.25, 0.3) is 0 Å². The third kappa shape index (κ3) is 3.57. The normalized spacial score (nSPS) is 21.6. The fourth-order valence-corrected chi connectivity index (χ4v) is 3.17. The Morgan fingerprint density at radius 1 is 1.41 bits per heavy atom. The molecule has 0 aliphatic carbocycles. The molecular formula is C12H20N4S. The van der Waals surface area contributed by atoms with Crippen LogP contribution in [0.25, 0.3) is 0 Å². The highest BCUT2D eigenvalue weighted by Gasteiger charge is 2.18. The van der Waals surface area contributed by atoms with Crippen molar-refractivity contribution in [1.29, 1.82) is 0 Å². The monoisotopic (exact) mass is 252 g/mol. The largest absolute Gasteiger partial charge is 0.381 e. The molecule has 0 bridgehead atoms. The number of hydrogen-bond acceptors (Lipinski definition) is 5. The molecule has 0 saturated carbocycles. The summed E-state index contributed by atoms with van der Waals surface area (Å²) >= 11 is 1.72. The SMILES string of the molecule is CN1CCCCC1CCSc1nccnc1N. The summed E-state index contributed by atoms with van der Waals surface area (Å²) in [4.78, 5) is 10.8. The van der Waals surface area contributed by atoms with Gasteiger partial charge in [0.2, 0.25) is 0 Å². The van der Waals surface area contributed by atoms with Crippen LogP contribution in [-0.2, 0) is 0 Å². The number of nitrogens with two attached hydrogens (primary N) is 1. The van der Waals surface area contributed by atoms with Crippen LogP contribution in [0.15, 0.2) is 17.4 Å². The molecule has 0 spiro atoms. The third-order valence-electron chi connectivity index (χ3n) is 3.30. The van der Waals surface area contributed by atoms with Crippen LogP contribution in [0.3, 0.4) is 0 Å². The van der Waals surface area contributed by atoms with Crippen LogP contribution in [0.5, 0.6) is 0 Å². The van der Waals surface area contributed by atoms with Crippen LogP contribution in [-0.4, -0.2) is 40.3 Å². The Hall–Kier alpha value is -0.810. The molecule has 1 aromatic rings. The second-order valence-electron chi connectivity index (χ2n) is 4.51. The summed E-state index contributed by atoms with van der Waals surface area (Å²) in [6, 6.07) is 0.731. The molecule has 1 atom stereocenters. The lowest BCUT2D eigenvalue weighted by molar-refractivity contribution is 0.182. The number of anilines is 1. The van der Waals surface area contributed by atoms with E-state index < -0.39 is 0 Å². The number of aromatic nitrogens is 2. The first-order chi connectivity index (χ1) is 8.27. The zero-order chi connectivity index (χ0) is 12.1. The maximum Gasteiger partial charge on any atom is 0.156 e. The van der Waals surface area contributed by atoms with Crippen LogP contribution in [0, 0.1) is 0 Å². The molecule has 1 fully saturated rings. The number of thioether (sulfide) groups is 1. The molecule has 1 aliphatic heterocycles. The second-order valence-corrected chi connectivity index (χ2v) is 5.60. The number of nitrogens with zero attached hydrogens (tertiary/aromatic N) is 3. The van der Waals surface area contributed by atoms with Gasteiger partial charge in [-0.3, -0.25) is 0 Å². The summed E-state index contributed by atoms with van der Waals surface area (Å²) in [5.74, 6) is 1.62. The summed E-state index contributed by atoms with van der Waals surface area (Å²) in [7, 11) is 2.23. The van der Waals surface area contributed by atoms with Crippen LogP contribution in [0.4, 0.5) is 5.82 Å². The van der Waals surface area contributed by atoms with Gasteiger partial charge in [0.15, 0.2) is 5.82 Å². The highest BCUT2D eigenvalue weighted by Crippen LogP contribution is 2.24. The number of hydrogen-bond donors (Lipinski definition) is 1. The topological polar surface area (TPSA) is 55.0 Å². The van der Waals surface area contributed by atoms with Gasteiger partial charge >= 0.3 is 0 Å². The summed E-state index contributed by atoms with van der Waals surface area (Å²) in [5, 5.41) is 0.867. The molecule has 0 radical (unpaired) electrons. The fourth-order valence-electron chi connectivity index (χ4n) is 2.25. The lowest BCUT2D eigenvalue weighted by Gasteiger charge is -2.32. The molecule has 4 nitrogen and oxygen atoms in total. The average Bonchev–Trinajstić information content (AvgIpc) is 2.34. The van der Waals surface area contributed by atoms with Crippen molar-refractivity contribution in [3.8, 4) is 0 Å². The standard InChI is InChI=1S/C12H20N4S/c1-16-8-3-2-4-10(16)5-9-17-12-11(13)14-6-7-15-12/h6-7,10H,2-5,8-9H2,1H3,(H2,13,14). The second kappa shape index (κ2) is 6.21. The number of nitrogen functional groups attached to an aromatic ring is 1. The van der Waals surface area contributed by atoms with Crippen LogP contribution >= 0.6 is 11.8 Å². The van der Waals surface area contributed by atoms with E-state index in [9.17, 15) is 0 Å². The van der Waals surface area contributed by atoms with Gasteiger partial charge in [-0.25, -0.2) is 9.97 Å². The Labute approximate surface area is 107 Å². The zero-order valence-corrected chi connectivity index (χ0v) is 11.1. The fraction of sp³-hybridized carbons (Fsp3) is 0.667. The van der Waals surface area contributed by atoms with E-state index in [0.29, 0.717) is 5.82 Å². The van der Waals surface area contributed by atoms with E-state index >= 15 is 0 Å². The van der Waals surface area contributed by atoms with Crippen LogP contribution in [0.1, 0.15) is 25.7 Å². The van der Waals surface area contributed by atoms with Crippen molar-refractivity contribution in [2.75, 3.05) is 25.1 Å². The third-order valence-corrected chi connectivity index (χ3v) is 4.33. The molecule has 94 valence electrons. The number of piperidine rings is 1. The molecule has 17 heavy (non-hydrogen) atoms. The molecular weight excluding hydrogens is 232 g/mol. The van der Waals surface area contributed by atoms with Gasteiger partial charge in [0, 0.05) is 24.2 Å². The van der Waals surface area contributed by atoms with Gasteiger partial charge in [0.1, 0.15) is 5.03 Å². The van der Waals surface area contributed by atoms with E-state index in [4.69, 9.17) is 5.73 Å². The van der Waals surface area contributed by atoms with Gasteiger partial charge in [-0.1, -0.05) is 6.42 Å². The lowest BCUT2D eigenvalue weighted by atomic mass is 10.0. The summed E-state index contributed by atoms with van der Waals surface area (Å²) < 4.78 is 0. The summed E-state index contributed by atoms with van der Waals surface area (Å²) in [5.41, 5.74) is 5.76. The molecule has 1 aromatic heterocycles. The van der Waals surface area contributed by atoms with Crippen molar-refractivity contribution < 1.29 is 0 Å². The Morgan fingerprint density at radius 3 is 3.00 bits per heavy atom. The maximum absolute atomic E-state index is 5.76. The quantitative estimate of drug-likeness (QED) is 0.831. The minimum Gasteiger partial charge on any atom is -0.381 e. The Kier molecular flexibility index (Phi) is 4.62. The first-order valence-electron chi connectivity index (χ1n) is 6.17. The van der Waals surface area contributed by atoms with E-state index in [1.165, 1.54) is 32.2 Å². The average molecular weight is 252 g/mol. The smallest absolute Gasteiger partial charge is 0.156 e. The molecule has 2 heterocycles. The Morgan fingerprint density at radius 2 is 2.24 bits per heavy atom. The van der Waals surface area contributed by atoms with Gasteiger partial charge in [0.05, 0.1) is 0 Å². The van der Waals surface area contributed by atoms with Crippen molar-refractivity contribution in [2.24, 2.45) is 0 Å². The van der Waals surface area contributed by atoms with E-state index in [1.807, 2.05) is 0 Å². The van der Waals surface area contributed by atoms with Crippen molar-refractivity contribution in [1.82, 2.24) is 14.9 Å². The first kappa shape index (κ1) is 12.6. The molecule has 1 aliphatic rings. The lowest BCUT2D eigenvalue weighted by Crippen LogP contribution is -2.36. The molecule has 1 unspecified atom stereocenters. The maximum atomic E-state index is 5.76. The van der Waals surface area contributed by atoms with E-state index in [1.54, 1.807) is 24.2 Å². The number of likely N-dealkylation sites (tertiary alicyclic amines) is 1.